The van der Waals surface area contributed by atoms with E-state index in [4.69, 9.17) is 0 Å². The van der Waals surface area contributed by atoms with E-state index in [1.165, 1.54) is 0 Å². The number of anilines is 1. The summed E-state index contributed by atoms with van der Waals surface area (Å²) in [6.45, 7) is 9.67. The lowest BCUT2D eigenvalue weighted by molar-refractivity contribution is 0.475. The summed E-state index contributed by atoms with van der Waals surface area (Å²) in [4.78, 5) is 4.37. The van der Waals surface area contributed by atoms with Gasteiger partial charge in [-0.15, -0.1) is 0 Å². The van der Waals surface area contributed by atoms with Gasteiger partial charge in [0.2, 0.25) is 0 Å². The van der Waals surface area contributed by atoms with E-state index in [1.54, 1.807) is 24.4 Å². The molecule has 1 heterocycles. The molecule has 0 saturated carbocycles. The molecule has 0 radical (unpaired) electrons. The Morgan fingerprint density at radius 3 is 2.52 bits per heavy atom. The van der Waals surface area contributed by atoms with Crippen molar-refractivity contribution in [1.29, 1.82) is 0 Å². The maximum atomic E-state index is 9.52. The largest absolute Gasteiger partial charge is 0.508 e. The maximum Gasteiger partial charge on any atom is 0.129 e. The van der Waals surface area contributed by atoms with Gasteiger partial charge in [0.25, 0.3) is 0 Å². The summed E-state index contributed by atoms with van der Waals surface area (Å²) in [5.74, 6) is 1.00. The van der Waals surface area contributed by atoms with Crippen molar-refractivity contribution in [1.82, 2.24) is 4.98 Å². The normalized spacial score (nSPS) is 11.2. The van der Waals surface area contributed by atoms with Gasteiger partial charge in [-0.25, -0.2) is 4.98 Å². The molecule has 2 N–H and O–H groups in total. The molecule has 0 spiro atoms. The highest BCUT2D eigenvalue weighted by Crippen LogP contribution is 2.23. The van der Waals surface area contributed by atoms with Crippen LogP contribution in [0.25, 0.3) is 11.1 Å². The number of hydrogen-bond acceptors (Lipinski definition) is 3. The fourth-order valence-corrected chi connectivity index (χ4v) is 2.05. The number of rotatable bonds is 6. The van der Waals surface area contributed by atoms with Crippen LogP contribution in [0.4, 0.5) is 5.82 Å². The Hall–Kier alpha value is -3.07. The summed E-state index contributed by atoms with van der Waals surface area (Å²) in [7, 11) is 0. The Kier molecular flexibility index (Phi) is 9.16. The lowest BCUT2D eigenvalue weighted by atomic mass is 10.1. The van der Waals surface area contributed by atoms with Crippen molar-refractivity contribution in [3.8, 4) is 16.9 Å². The van der Waals surface area contributed by atoms with Crippen molar-refractivity contribution < 1.29 is 5.11 Å². The number of nitrogens with one attached hydrogen (secondary N) is 1. The van der Waals surface area contributed by atoms with Gasteiger partial charge < -0.3 is 10.4 Å². The molecule has 3 nitrogen and oxygen atoms in total. The van der Waals surface area contributed by atoms with Gasteiger partial charge in [-0.2, -0.15) is 0 Å². The van der Waals surface area contributed by atoms with Gasteiger partial charge in [0.15, 0.2) is 0 Å². The summed E-state index contributed by atoms with van der Waals surface area (Å²) >= 11 is 0. The van der Waals surface area contributed by atoms with Gasteiger partial charge in [0.05, 0.1) is 0 Å². The molecular weight excluding hydrogens is 308 g/mol. The zero-order valence-corrected chi connectivity index (χ0v) is 15.1. The van der Waals surface area contributed by atoms with Crippen LogP contribution >= 0.6 is 0 Å². The van der Waals surface area contributed by atoms with Crippen molar-refractivity contribution in [2.75, 3.05) is 5.32 Å². The highest BCUT2D eigenvalue weighted by Gasteiger charge is 1.99. The molecule has 0 aliphatic heterocycles. The lowest BCUT2D eigenvalue weighted by Crippen LogP contribution is -1.91. The van der Waals surface area contributed by atoms with Gasteiger partial charge >= 0.3 is 0 Å². The molecule has 0 aliphatic carbocycles. The van der Waals surface area contributed by atoms with Crippen LogP contribution in [0.1, 0.15) is 20.8 Å². The SMILES string of the molecule is C=C/C=C(\C=C/C)/C=C/Nc1ccc(-c2cccc(O)c2)cn1.CC. The summed E-state index contributed by atoms with van der Waals surface area (Å²) in [5, 5.41) is 12.7. The Bertz CT molecular complexity index is 741. The average molecular weight is 334 g/mol. The van der Waals surface area contributed by atoms with Crippen molar-refractivity contribution in [2.24, 2.45) is 0 Å². The summed E-state index contributed by atoms with van der Waals surface area (Å²) < 4.78 is 0. The third-order valence-electron chi connectivity index (χ3n) is 3.12. The second-order valence-corrected chi connectivity index (χ2v) is 4.86. The Labute approximate surface area is 150 Å². The molecule has 0 fully saturated rings. The van der Waals surface area contributed by atoms with E-state index in [-0.39, 0.29) is 5.75 Å². The second-order valence-electron chi connectivity index (χ2n) is 4.86. The molecule has 2 rings (SSSR count). The number of benzene rings is 1. The van der Waals surface area contributed by atoms with Gasteiger partial charge in [0.1, 0.15) is 11.6 Å². The first kappa shape index (κ1) is 20.0. The fraction of sp³-hybridized carbons (Fsp3) is 0.136. The van der Waals surface area contributed by atoms with Crippen LogP contribution in [0, 0.1) is 0 Å². The van der Waals surface area contributed by atoms with Crippen LogP contribution in [0.5, 0.6) is 5.75 Å². The predicted molar refractivity (Wildman–Crippen MR) is 109 cm³/mol. The summed E-state index contributed by atoms with van der Waals surface area (Å²) in [6, 6.07) is 11.0. The van der Waals surface area contributed by atoms with Gasteiger partial charge in [0, 0.05) is 18.0 Å². The van der Waals surface area contributed by atoms with Gasteiger partial charge in [-0.05, 0) is 48.4 Å². The first-order valence-corrected chi connectivity index (χ1v) is 8.37. The van der Waals surface area contributed by atoms with Gasteiger partial charge in [-0.1, -0.05) is 56.9 Å². The van der Waals surface area contributed by atoms with E-state index in [0.29, 0.717) is 0 Å². The maximum absolute atomic E-state index is 9.52. The van der Waals surface area contributed by atoms with E-state index in [2.05, 4.69) is 16.9 Å². The summed E-state index contributed by atoms with van der Waals surface area (Å²) in [5.41, 5.74) is 2.94. The topological polar surface area (TPSA) is 45.1 Å². The number of allylic oxidation sites excluding steroid dienone is 6. The van der Waals surface area contributed by atoms with E-state index >= 15 is 0 Å². The zero-order chi connectivity index (χ0) is 18.5. The van der Waals surface area contributed by atoms with E-state index < -0.39 is 0 Å². The number of aromatic nitrogens is 1. The fourth-order valence-electron chi connectivity index (χ4n) is 2.05. The standard InChI is InChI=1S/C20H20N2O.C2H6/c1-3-6-16(7-4-2)12-13-21-20-11-10-18(15-22-20)17-8-5-9-19(23)14-17;1-2/h3-15,23H,1H2,2H3,(H,21,22);1-2H3/b7-4-,13-12+,16-6+;. The molecule has 0 atom stereocenters. The molecule has 1 aromatic carbocycles. The van der Waals surface area contributed by atoms with Crippen LogP contribution in [0.15, 0.2) is 91.3 Å². The predicted octanol–water partition coefficient (Wildman–Crippen LogP) is 6.09. The van der Waals surface area contributed by atoms with Crippen LogP contribution in [-0.2, 0) is 0 Å². The summed E-state index contributed by atoms with van der Waals surface area (Å²) in [6.07, 6.45) is 13.2. The smallest absolute Gasteiger partial charge is 0.129 e. The third kappa shape index (κ3) is 6.92. The highest BCUT2D eigenvalue weighted by atomic mass is 16.3. The Morgan fingerprint density at radius 1 is 1.12 bits per heavy atom. The van der Waals surface area contributed by atoms with Crippen molar-refractivity contribution in [3.05, 3.63) is 91.3 Å². The van der Waals surface area contributed by atoms with Crippen molar-refractivity contribution in [2.45, 2.75) is 20.8 Å². The third-order valence-corrected chi connectivity index (χ3v) is 3.12. The minimum Gasteiger partial charge on any atom is -0.508 e. The number of aromatic hydroxyl groups is 1. The van der Waals surface area contributed by atoms with Crippen LogP contribution in [0.2, 0.25) is 0 Å². The number of phenols is 1. The number of hydrogen-bond donors (Lipinski definition) is 2. The molecule has 2 aromatic rings. The lowest BCUT2D eigenvalue weighted by Gasteiger charge is -2.04. The molecule has 0 amide bonds. The second kappa shape index (κ2) is 11.5. The van der Waals surface area contributed by atoms with Crippen molar-refractivity contribution >= 4 is 5.82 Å². The molecule has 1 aromatic heterocycles. The van der Waals surface area contributed by atoms with E-state index in [0.717, 1.165) is 22.5 Å². The van der Waals surface area contributed by atoms with E-state index in [1.807, 2.05) is 75.5 Å². The molecule has 0 saturated heterocycles. The molecule has 25 heavy (non-hydrogen) atoms. The Morgan fingerprint density at radius 2 is 1.92 bits per heavy atom. The number of phenolic OH excluding ortho intramolecular Hbond substituents is 1. The van der Waals surface area contributed by atoms with E-state index in [9.17, 15) is 5.11 Å². The first-order chi connectivity index (χ1) is 12.2. The molecule has 0 unspecified atom stereocenters. The first-order valence-electron chi connectivity index (χ1n) is 8.37. The molecule has 3 heteroatoms. The minimum atomic E-state index is 0.248. The number of pyridine rings is 1. The minimum absolute atomic E-state index is 0.248. The Balaban J connectivity index is 0.00000151. The quantitative estimate of drug-likeness (QED) is 0.628. The molecule has 0 bridgehead atoms. The average Bonchev–Trinajstić information content (AvgIpc) is 2.64. The van der Waals surface area contributed by atoms with Crippen molar-refractivity contribution in [3.63, 3.8) is 0 Å². The van der Waals surface area contributed by atoms with Gasteiger partial charge in [-0.3, -0.25) is 0 Å². The van der Waals surface area contributed by atoms with Crippen LogP contribution in [0.3, 0.4) is 0 Å². The van der Waals surface area contributed by atoms with Crippen LogP contribution in [-0.4, -0.2) is 10.1 Å². The number of nitrogens with zero attached hydrogens (tertiary/aromatic N) is 1. The molecular formula is C22H26N2O. The molecule has 130 valence electrons. The monoisotopic (exact) mass is 334 g/mol. The highest BCUT2D eigenvalue weighted by molar-refractivity contribution is 5.65. The molecule has 0 aliphatic rings. The van der Waals surface area contributed by atoms with Crippen LogP contribution < -0.4 is 5.32 Å². The zero-order valence-electron chi connectivity index (χ0n) is 15.1.